The maximum Gasteiger partial charge on any atom is 0.190 e. The molecule has 0 aliphatic carbocycles. The van der Waals surface area contributed by atoms with Gasteiger partial charge in [0.15, 0.2) is 11.6 Å². The molecule has 0 unspecified atom stereocenters. The van der Waals surface area contributed by atoms with E-state index >= 15 is 0 Å². The van der Waals surface area contributed by atoms with E-state index in [-0.39, 0.29) is 12.4 Å². The van der Waals surface area contributed by atoms with Gasteiger partial charge in [0, 0.05) is 6.61 Å². The van der Waals surface area contributed by atoms with E-state index in [0.717, 1.165) is 5.56 Å². The fourth-order valence-electron chi connectivity index (χ4n) is 2.15. The lowest BCUT2D eigenvalue weighted by atomic mass is 10.1. The Labute approximate surface area is 124 Å². The van der Waals surface area contributed by atoms with Crippen LogP contribution in [-0.2, 0) is 25.6 Å². The molecule has 0 saturated carbocycles. The molecule has 0 aromatic heterocycles. The molecule has 0 spiro atoms. The van der Waals surface area contributed by atoms with Crippen LogP contribution < -0.4 is 0 Å². The van der Waals surface area contributed by atoms with Gasteiger partial charge < -0.3 is 19.3 Å². The van der Waals surface area contributed by atoms with Crippen molar-refractivity contribution in [3.63, 3.8) is 0 Å². The van der Waals surface area contributed by atoms with Gasteiger partial charge in [-0.05, 0) is 25.8 Å². The van der Waals surface area contributed by atoms with Crippen LogP contribution in [0.5, 0.6) is 0 Å². The third-order valence-electron chi connectivity index (χ3n) is 3.31. The number of Topliss-reactive ketones (excluding diaryl/α,β-unsaturated/α-hetero) is 1. The van der Waals surface area contributed by atoms with Crippen LogP contribution in [-0.4, -0.2) is 42.1 Å². The first-order valence-electron chi connectivity index (χ1n) is 7.12. The summed E-state index contributed by atoms with van der Waals surface area (Å²) in [4.78, 5) is 11.7. The number of carbonyl (C=O) groups excluding carboxylic acids is 1. The molecule has 2 rings (SSSR count). The largest absolute Gasteiger partial charge is 0.390 e. The maximum absolute atomic E-state index is 11.7. The van der Waals surface area contributed by atoms with E-state index in [4.69, 9.17) is 14.2 Å². The predicted molar refractivity (Wildman–Crippen MR) is 76.6 cm³/mol. The van der Waals surface area contributed by atoms with Crippen molar-refractivity contribution < 1.29 is 24.1 Å². The molecule has 1 aliphatic rings. The van der Waals surface area contributed by atoms with E-state index in [1.54, 1.807) is 13.8 Å². The molecular formula is C16H22O5. The summed E-state index contributed by atoms with van der Waals surface area (Å²) in [7, 11) is 0. The Kier molecular flexibility index (Phi) is 5.47. The molecule has 5 nitrogen and oxygen atoms in total. The van der Waals surface area contributed by atoms with Gasteiger partial charge in [-0.1, -0.05) is 30.3 Å². The molecule has 1 aromatic carbocycles. The van der Waals surface area contributed by atoms with Crippen molar-refractivity contribution in [2.45, 2.75) is 44.9 Å². The van der Waals surface area contributed by atoms with Gasteiger partial charge in [-0.15, -0.1) is 0 Å². The Balaban J connectivity index is 1.73. The van der Waals surface area contributed by atoms with Crippen molar-refractivity contribution in [3.05, 3.63) is 35.9 Å². The topological polar surface area (TPSA) is 65.0 Å². The SMILES string of the molecule is CC1(C)OCC(=O)[C@H]([C@@H](O)CCOCc2ccccc2)O1. The molecule has 5 heteroatoms. The van der Waals surface area contributed by atoms with E-state index in [0.29, 0.717) is 19.6 Å². The second kappa shape index (κ2) is 7.13. The van der Waals surface area contributed by atoms with Crippen molar-refractivity contribution >= 4 is 5.78 Å². The molecule has 0 amide bonds. The van der Waals surface area contributed by atoms with Crippen LogP contribution in [0.2, 0.25) is 0 Å². The first-order valence-corrected chi connectivity index (χ1v) is 7.12. The van der Waals surface area contributed by atoms with Gasteiger partial charge in [0.2, 0.25) is 0 Å². The normalized spacial score (nSPS) is 23.0. The number of ketones is 1. The Morgan fingerprint density at radius 1 is 1.38 bits per heavy atom. The number of hydrogen-bond acceptors (Lipinski definition) is 5. The van der Waals surface area contributed by atoms with Crippen LogP contribution >= 0.6 is 0 Å². The maximum atomic E-state index is 11.7. The second-order valence-electron chi connectivity index (χ2n) is 5.59. The summed E-state index contributed by atoms with van der Waals surface area (Å²) < 4.78 is 16.2. The predicted octanol–water partition coefficient (Wildman–Crippen LogP) is 1.67. The lowest BCUT2D eigenvalue weighted by Gasteiger charge is -2.36. The minimum Gasteiger partial charge on any atom is -0.390 e. The first-order chi connectivity index (χ1) is 9.98. The van der Waals surface area contributed by atoms with Gasteiger partial charge >= 0.3 is 0 Å². The van der Waals surface area contributed by atoms with Gasteiger partial charge in [-0.3, -0.25) is 4.79 Å². The molecule has 1 aromatic rings. The fourth-order valence-corrected chi connectivity index (χ4v) is 2.15. The smallest absolute Gasteiger partial charge is 0.190 e. The first kappa shape index (κ1) is 16.1. The summed E-state index contributed by atoms with van der Waals surface area (Å²) in [5.41, 5.74) is 1.08. The minimum atomic E-state index is -0.878. The molecule has 0 radical (unpaired) electrons. The van der Waals surface area contributed by atoms with E-state index in [1.807, 2.05) is 30.3 Å². The third kappa shape index (κ3) is 4.89. The molecule has 1 aliphatic heterocycles. The summed E-state index contributed by atoms with van der Waals surface area (Å²) in [6.07, 6.45) is -1.37. The van der Waals surface area contributed by atoms with Crippen LogP contribution in [0.4, 0.5) is 0 Å². The highest BCUT2D eigenvalue weighted by Gasteiger charge is 2.39. The van der Waals surface area contributed by atoms with E-state index < -0.39 is 18.0 Å². The average Bonchev–Trinajstić information content (AvgIpc) is 2.47. The minimum absolute atomic E-state index is 0.0282. The van der Waals surface area contributed by atoms with Crippen molar-refractivity contribution in [3.8, 4) is 0 Å². The van der Waals surface area contributed by atoms with Gasteiger partial charge in [0.25, 0.3) is 0 Å². The summed E-state index contributed by atoms with van der Waals surface area (Å²) in [5.74, 6) is -1.07. The van der Waals surface area contributed by atoms with Crippen LogP contribution in [0, 0.1) is 0 Å². The number of hydrogen-bond donors (Lipinski definition) is 1. The Morgan fingerprint density at radius 2 is 2.10 bits per heavy atom. The molecule has 1 heterocycles. The van der Waals surface area contributed by atoms with Crippen LogP contribution in [0.25, 0.3) is 0 Å². The lowest BCUT2D eigenvalue weighted by Crippen LogP contribution is -2.51. The number of carbonyl (C=O) groups is 1. The Hall–Kier alpha value is -1.27. The van der Waals surface area contributed by atoms with E-state index in [2.05, 4.69) is 0 Å². The highest BCUT2D eigenvalue weighted by Crippen LogP contribution is 2.23. The fraction of sp³-hybridized carbons (Fsp3) is 0.562. The van der Waals surface area contributed by atoms with Crippen LogP contribution in [0.1, 0.15) is 25.8 Å². The number of benzene rings is 1. The van der Waals surface area contributed by atoms with Crippen molar-refractivity contribution in [1.29, 1.82) is 0 Å². The summed E-state index contributed by atoms with van der Waals surface area (Å²) >= 11 is 0. The van der Waals surface area contributed by atoms with Crippen molar-refractivity contribution in [2.75, 3.05) is 13.2 Å². The Bertz CT molecular complexity index is 457. The summed E-state index contributed by atoms with van der Waals surface area (Å²) in [6.45, 7) is 4.28. The van der Waals surface area contributed by atoms with Crippen molar-refractivity contribution in [2.24, 2.45) is 0 Å². The summed E-state index contributed by atoms with van der Waals surface area (Å²) in [6, 6.07) is 9.80. The molecule has 1 saturated heterocycles. The van der Waals surface area contributed by atoms with Gasteiger partial charge in [0.05, 0.1) is 12.7 Å². The highest BCUT2D eigenvalue weighted by molar-refractivity contribution is 5.85. The number of aliphatic hydroxyl groups excluding tert-OH is 1. The van der Waals surface area contributed by atoms with Crippen LogP contribution in [0.15, 0.2) is 30.3 Å². The quantitative estimate of drug-likeness (QED) is 0.809. The number of aliphatic hydroxyl groups is 1. The van der Waals surface area contributed by atoms with Gasteiger partial charge in [0.1, 0.15) is 12.7 Å². The van der Waals surface area contributed by atoms with Gasteiger partial charge in [-0.2, -0.15) is 0 Å². The zero-order chi connectivity index (χ0) is 15.3. The highest BCUT2D eigenvalue weighted by atomic mass is 16.7. The summed E-state index contributed by atoms with van der Waals surface area (Å²) in [5, 5.41) is 10.1. The van der Waals surface area contributed by atoms with E-state index in [9.17, 15) is 9.90 Å². The second-order valence-corrected chi connectivity index (χ2v) is 5.59. The zero-order valence-electron chi connectivity index (χ0n) is 12.5. The van der Waals surface area contributed by atoms with Crippen LogP contribution in [0.3, 0.4) is 0 Å². The molecule has 2 atom stereocenters. The molecule has 116 valence electrons. The molecule has 21 heavy (non-hydrogen) atoms. The molecule has 0 bridgehead atoms. The molecule has 1 N–H and O–H groups in total. The van der Waals surface area contributed by atoms with Crippen molar-refractivity contribution in [1.82, 2.24) is 0 Å². The Morgan fingerprint density at radius 3 is 2.81 bits per heavy atom. The van der Waals surface area contributed by atoms with E-state index in [1.165, 1.54) is 0 Å². The average molecular weight is 294 g/mol. The lowest BCUT2D eigenvalue weighted by molar-refractivity contribution is -0.271. The molecule has 1 fully saturated rings. The number of ether oxygens (including phenoxy) is 3. The third-order valence-corrected chi connectivity index (χ3v) is 3.31. The molecular weight excluding hydrogens is 272 g/mol. The number of rotatable bonds is 6. The monoisotopic (exact) mass is 294 g/mol. The zero-order valence-corrected chi connectivity index (χ0v) is 12.5. The van der Waals surface area contributed by atoms with Gasteiger partial charge in [-0.25, -0.2) is 0 Å². The standard InChI is InChI=1S/C16H22O5/c1-16(2)20-11-14(18)15(21-16)13(17)8-9-19-10-12-6-4-3-5-7-12/h3-7,13,15,17H,8-11H2,1-2H3/t13-,15-/m0/s1.